The number of aryl methyl sites for hydroxylation is 1. The minimum absolute atomic E-state index is 0.992. The van der Waals surface area contributed by atoms with Crippen LogP contribution in [-0.4, -0.2) is 0 Å². The van der Waals surface area contributed by atoms with E-state index in [9.17, 15) is 0 Å². The van der Waals surface area contributed by atoms with Gasteiger partial charge < -0.3 is 0 Å². The van der Waals surface area contributed by atoms with Crippen molar-refractivity contribution in [2.24, 2.45) is 0 Å². The van der Waals surface area contributed by atoms with Crippen LogP contribution in [0.1, 0.15) is 27.8 Å². The van der Waals surface area contributed by atoms with Gasteiger partial charge in [0.05, 0.1) is 0 Å². The van der Waals surface area contributed by atoms with E-state index in [2.05, 4.69) is 42.7 Å². The van der Waals surface area contributed by atoms with E-state index in [4.69, 9.17) is 0 Å². The van der Waals surface area contributed by atoms with E-state index in [-0.39, 0.29) is 0 Å². The summed E-state index contributed by atoms with van der Waals surface area (Å²) < 4.78 is 0. The van der Waals surface area contributed by atoms with E-state index in [1.807, 2.05) is 66.7 Å². The highest BCUT2D eigenvalue weighted by atomic mass is 14.0. The van der Waals surface area contributed by atoms with E-state index in [1.165, 1.54) is 5.56 Å². The zero-order valence-electron chi connectivity index (χ0n) is 13.0. The lowest BCUT2D eigenvalue weighted by molar-refractivity contribution is 1.43. The largest absolute Gasteiger partial charge is 0.0622 e. The lowest BCUT2D eigenvalue weighted by Gasteiger charge is -1.97. The molecule has 0 amide bonds. The Morgan fingerprint density at radius 1 is 0.478 bits per heavy atom. The highest BCUT2D eigenvalue weighted by Crippen LogP contribution is 2.09. The van der Waals surface area contributed by atoms with E-state index in [0.29, 0.717) is 0 Å². The highest BCUT2D eigenvalue weighted by Gasteiger charge is 1.94. The first-order chi connectivity index (χ1) is 11.3. The molecule has 0 aromatic heterocycles. The molecule has 108 valence electrons. The van der Waals surface area contributed by atoms with Crippen LogP contribution in [0.25, 0.3) is 0 Å². The third kappa shape index (κ3) is 4.37. The van der Waals surface area contributed by atoms with Crippen LogP contribution in [0.2, 0.25) is 0 Å². The van der Waals surface area contributed by atoms with Crippen molar-refractivity contribution in [3.05, 3.63) is 107 Å². The van der Waals surface area contributed by atoms with Crippen LogP contribution in [0, 0.1) is 30.6 Å². The summed E-state index contributed by atoms with van der Waals surface area (Å²) in [5.74, 6) is 12.8. The van der Waals surface area contributed by atoms with Gasteiger partial charge in [-0.1, -0.05) is 60.1 Å². The molecule has 0 aliphatic heterocycles. The van der Waals surface area contributed by atoms with Crippen molar-refractivity contribution in [2.75, 3.05) is 0 Å². The quantitative estimate of drug-likeness (QED) is 0.522. The molecule has 0 atom stereocenters. The van der Waals surface area contributed by atoms with Crippen LogP contribution >= 0.6 is 0 Å². The first kappa shape index (κ1) is 14.7. The third-order valence-electron chi connectivity index (χ3n) is 3.33. The molecule has 0 unspecified atom stereocenters. The van der Waals surface area contributed by atoms with E-state index < -0.39 is 0 Å². The molecule has 0 fully saturated rings. The van der Waals surface area contributed by atoms with Crippen LogP contribution in [0.4, 0.5) is 0 Å². The predicted octanol–water partition coefficient (Wildman–Crippen LogP) is 4.79. The molecule has 3 rings (SSSR count). The number of hydrogen-bond acceptors (Lipinski definition) is 0. The molecule has 0 bridgehead atoms. The zero-order chi connectivity index (χ0) is 15.9. The minimum Gasteiger partial charge on any atom is -0.0622 e. The fourth-order valence-corrected chi connectivity index (χ4v) is 2.26. The van der Waals surface area contributed by atoms with Gasteiger partial charge in [-0.3, -0.25) is 0 Å². The van der Waals surface area contributed by atoms with Gasteiger partial charge in [0.25, 0.3) is 0 Å². The molecule has 0 N–H and O–H groups in total. The summed E-state index contributed by atoms with van der Waals surface area (Å²) in [5.41, 5.74) is 5.19. The van der Waals surface area contributed by atoms with Gasteiger partial charge in [-0.05, 0) is 55.0 Å². The Balaban J connectivity index is 1.89. The van der Waals surface area contributed by atoms with Crippen molar-refractivity contribution in [2.45, 2.75) is 6.92 Å². The topological polar surface area (TPSA) is 0 Å². The van der Waals surface area contributed by atoms with E-state index in [1.54, 1.807) is 0 Å². The average Bonchev–Trinajstić information content (AvgIpc) is 2.60. The zero-order valence-corrected chi connectivity index (χ0v) is 13.0. The monoisotopic (exact) mass is 292 g/mol. The van der Waals surface area contributed by atoms with Gasteiger partial charge in [0, 0.05) is 22.3 Å². The molecule has 0 nitrogen and oxygen atoms in total. The summed E-state index contributed by atoms with van der Waals surface area (Å²) in [4.78, 5) is 0. The average molecular weight is 292 g/mol. The maximum absolute atomic E-state index is 3.22. The van der Waals surface area contributed by atoms with Crippen LogP contribution in [0.5, 0.6) is 0 Å². The fourth-order valence-electron chi connectivity index (χ4n) is 2.26. The second-order valence-electron chi connectivity index (χ2n) is 5.32. The van der Waals surface area contributed by atoms with Gasteiger partial charge in [0.2, 0.25) is 0 Å². The van der Waals surface area contributed by atoms with Gasteiger partial charge in [0.1, 0.15) is 0 Å². The molecule has 0 aliphatic carbocycles. The van der Waals surface area contributed by atoms with Crippen LogP contribution in [-0.2, 0) is 0 Å². The second kappa shape index (κ2) is 7.17. The van der Waals surface area contributed by atoms with Gasteiger partial charge in [-0.25, -0.2) is 0 Å². The van der Waals surface area contributed by atoms with Crippen molar-refractivity contribution in [1.29, 1.82) is 0 Å². The molecule has 0 heteroatoms. The van der Waals surface area contributed by atoms with Gasteiger partial charge in [-0.15, -0.1) is 0 Å². The third-order valence-corrected chi connectivity index (χ3v) is 3.33. The van der Waals surface area contributed by atoms with Crippen LogP contribution in [0.15, 0.2) is 78.9 Å². The van der Waals surface area contributed by atoms with Crippen molar-refractivity contribution in [3.8, 4) is 23.7 Å². The van der Waals surface area contributed by atoms with Crippen LogP contribution in [0.3, 0.4) is 0 Å². The Morgan fingerprint density at radius 3 is 1.30 bits per heavy atom. The molecule has 3 aromatic rings. The van der Waals surface area contributed by atoms with Gasteiger partial charge in [-0.2, -0.15) is 0 Å². The predicted molar refractivity (Wildman–Crippen MR) is 96.0 cm³/mol. The lowest BCUT2D eigenvalue weighted by Crippen LogP contribution is -1.83. The SMILES string of the molecule is Cc1cc(C#Cc2ccccc2)cc(C#Cc2ccccc2)c1. The van der Waals surface area contributed by atoms with Gasteiger partial charge >= 0.3 is 0 Å². The molecule has 0 aliphatic rings. The first-order valence-corrected chi connectivity index (χ1v) is 7.55. The minimum atomic E-state index is 0.992. The Bertz CT molecular complexity index is 836. The number of hydrogen-bond donors (Lipinski definition) is 0. The van der Waals surface area contributed by atoms with Gasteiger partial charge in [0.15, 0.2) is 0 Å². The number of benzene rings is 3. The van der Waals surface area contributed by atoms with E-state index >= 15 is 0 Å². The highest BCUT2D eigenvalue weighted by molar-refractivity contribution is 5.50. The van der Waals surface area contributed by atoms with Crippen molar-refractivity contribution in [3.63, 3.8) is 0 Å². The Labute approximate surface area is 137 Å². The summed E-state index contributed by atoms with van der Waals surface area (Å²) in [6, 6.07) is 26.2. The normalized spacial score (nSPS) is 9.26. The Hall–Kier alpha value is -3.22. The molecule has 23 heavy (non-hydrogen) atoms. The molecular weight excluding hydrogens is 276 g/mol. The van der Waals surface area contributed by atoms with Crippen LogP contribution < -0.4 is 0 Å². The molecule has 0 radical (unpaired) electrons. The molecule has 0 saturated heterocycles. The Morgan fingerprint density at radius 2 is 0.870 bits per heavy atom. The van der Waals surface area contributed by atoms with Crippen molar-refractivity contribution < 1.29 is 0 Å². The summed E-state index contributed by atoms with van der Waals surface area (Å²) in [6.45, 7) is 2.07. The maximum Gasteiger partial charge on any atom is 0.0264 e. The standard InChI is InChI=1S/C23H16/c1-19-16-22(14-12-20-8-4-2-5-9-20)18-23(17-19)15-13-21-10-6-3-7-11-21/h2-11,16-18H,1H3. The summed E-state index contributed by atoms with van der Waals surface area (Å²) in [6.07, 6.45) is 0. The van der Waals surface area contributed by atoms with E-state index in [0.717, 1.165) is 22.3 Å². The maximum atomic E-state index is 3.22. The molecule has 0 heterocycles. The molecular formula is C23H16. The lowest BCUT2D eigenvalue weighted by atomic mass is 10.1. The number of rotatable bonds is 0. The smallest absolute Gasteiger partial charge is 0.0264 e. The van der Waals surface area contributed by atoms with Crippen molar-refractivity contribution >= 4 is 0 Å². The molecule has 3 aromatic carbocycles. The summed E-state index contributed by atoms with van der Waals surface area (Å²) in [5, 5.41) is 0. The Kier molecular flexibility index (Phi) is 4.58. The molecule has 0 saturated carbocycles. The molecule has 0 spiro atoms. The van der Waals surface area contributed by atoms with Crippen molar-refractivity contribution in [1.82, 2.24) is 0 Å². The summed E-state index contributed by atoms with van der Waals surface area (Å²) in [7, 11) is 0. The first-order valence-electron chi connectivity index (χ1n) is 7.55. The second-order valence-corrected chi connectivity index (χ2v) is 5.32. The fraction of sp³-hybridized carbons (Fsp3) is 0.0435. The summed E-state index contributed by atoms with van der Waals surface area (Å²) >= 11 is 0.